The molecule has 5 unspecified atom stereocenters. The third kappa shape index (κ3) is 4.38. The fourth-order valence-corrected chi connectivity index (χ4v) is 14.1. The molecule has 4 fully saturated rings. The average molecular weight is 728 g/mol. The Morgan fingerprint density at radius 2 is 1.14 bits per heavy atom. The van der Waals surface area contributed by atoms with Crippen LogP contribution in [0.4, 0.5) is 17.1 Å². The smallest absolute Gasteiger partial charge is 0.0543 e. The van der Waals surface area contributed by atoms with Gasteiger partial charge in [0.1, 0.15) is 0 Å². The third-order valence-electron chi connectivity index (χ3n) is 16.5. The molecule has 56 heavy (non-hydrogen) atoms. The number of anilines is 3. The SMILES string of the molecule is CC1(C)CCC(C)(C)c2cc(N(c3cc(-c4ccccc4)cc(-c4ccccc4)c3)c3cccc4c3-c3ccccc3C43C4CC5C[C@H]6C3CC6(C5)C4)ccc21. The van der Waals surface area contributed by atoms with E-state index in [0.717, 1.165) is 23.7 Å². The standard InChI is InChI=1S/C55H53N/c1-52(2)24-25-53(3,4)47-31-41(22-23-45(47)52)56(42-29-38(36-14-7-5-8-15-36)28-39(30-42)37-16-9-6-10-17-37)50-21-13-20-46-51(50)43-18-11-12-19-44(43)55(46)40-26-35-27-48-49(55)34-54(48,32-35)33-40/h5-23,28-31,35,40,48-49H,24-27,32-34H2,1-4H3/t35?,40?,48-,49?,54?,55?/m0/s1. The molecule has 278 valence electrons. The van der Waals surface area contributed by atoms with Gasteiger partial charge in [-0.3, -0.25) is 0 Å². The highest BCUT2D eigenvalue weighted by Crippen LogP contribution is 2.82. The summed E-state index contributed by atoms with van der Waals surface area (Å²) < 4.78 is 0. The summed E-state index contributed by atoms with van der Waals surface area (Å²) in [6.07, 6.45) is 9.67. The first-order valence-electron chi connectivity index (χ1n) is 21.6. The fraction of sp³-hybridized carbons (Fsp3) is 0.345. The molecule has 0 saturated heterocycles. The molecule has 4 bridgehead atoms. The Labute approximate surface area is 333 Å². The Hall–Kier alpha value is -4.88. The Kier molecular flexibility index (Phi) is 6.76. The summed E-state index contributed by atoms with van der Waals surface area (Å²) in [6, 6.07) is 54.0. The highest BCUT2D eigenvalue weighted by atomic mass is 15.1. The second-order valence-corrected chi connectivity index (χ2v) is 20.2. The monoisotopic (exact) mass is 727 g/mol. The summed E-state index contributed by atoms with van der Waals surface area (Å²) in [5.41, 5.74) is 19.0. The van der Waals surface area contributed by atoms with E-state index in [1.54, 1.807) is 11.1 Å². The summed E-state index contributed by atoms with van der Waals surface area (Å²) in [7, 11) is 0. The van der Waals surface area contributed by atoms with Crippen LogP contribution in [0.5, 0.6) is 0 Å². The molecule has 1 heteroatoms. The summed E-state index contributed by atoms with van der Waals surface area (Å²) in [5, 5.41) is 0. The molecule has 0 heterocycles. The van der Waals surface area contributed by atoms with Crippen molar-refractivity contribution in [2.24, 2.45) is 29.1 Å². The predicted molar refractivity (Wildman–Crippen MR) is 233 cm³/mol. The van der Waals surface area contributed by atoms with E-state index in [0.29, 0.717) is 5.41 Å². The maximum Gasteiger partial charge on any atom is 0.0543 e. The van der Waals surface area contributed by atoms with E-state index in [-0.39, 0.29) is 16.2 Å². The summed E-state index contributed by atoms with van der Waals surface area (Å²) in [6.45, 7) is 9.83. The minimum Gasteiger partial charge on any atom is -0.310 e. The van der Waals surface area contributed by atoms with Gasteiger partial charge in [0.2, 0.25) is 0 Å². The molecule has 6 atom stereocenters. The van der Waals surface area contributed by atoms with Crippen molar-refractivity contribution >= 4 is 17.1 Å². The molecule has 2 spiro atoms. The van der Waals surface area contributed by atoms with Gasteiger partial charge in [0, 0.05) is 22.4 Å². The summed E-state index contributed by atoms with van der Waals surface area (Å²) >= 11 is 0. The molecule has 6 aliphatic rings. The molecule has 0 radical (unpaired) electrons. The second kappa shape index (κ2) is 11.4. The molecule has 1 nitrogen and oxygen atoms in total. The lowest BCUT2D eigenvalue weighted by molar-refractivity contribution is -0.146. The van der Waals surface area contributed by atoms with E-state index < -0.39 is 0 Å². The summed E-state index contributed by atoms with van der Waals surface area (Å²) in [5.74, 6) is 3.33. The highest BCUT2D eigenvalue weighted by molar-refractivity contribution is 5.97. The zero-order chi connectivity index (χ0) is 37.6. The zero-order valence-corrected chi connectivity index (χ0v) is 33.5. The molecule has 6 aromatic carbocycles. The number of fused-ring (bicyclic) bond motifs is 12. The van der Waals surface area contributed by atoms with E-state index in [4.69, 9.17) is 0 Å². The Balaban J connectivity index is 1.14. The topological polar surface area (TPSA) is 3.24 Å². The van der Waals surface area contributed by atoms with Gasteiger partial charge in [-0.05, 0) is 171 Å². The van der Waals surface area contributed by atoms with Gasteiger partial charge in [0.05, 0.1) is 5.69 Å². The van der Waals surface area contributed by atoms with Crippen LogP contribution in [0.2, 0.25) is 0 Å². The quantitative estimate of drug-likeness (QED) is 0.171. The van der Waals surface area contributed by atoms with Gasteiger partial charge in [0.25, 0.3) is 0 Å². The lowest BCUT2D eigenvalue weighted by Crippen LogP contribution is -2.63. The van der Waals surface area contributed by atoms with Crippen molar-refractivity contribution < 1.29 is 0 Å². The summed E-state index contributed by atoms with van der Waals surface area (Å²) in [4.78, 5) is 2.67. The maximum atomic E-state index is 2.67. The Morgan fingerprint density at radius 1 is 0.482 bits per heavy atom. The molecule has 6 aromatic rings. The predicted octanol–water partition coefficient (Wildman–Crippen LogP) is 14.6. The Bertz CT molecular complexity index is 2500. The van der Waals surface area contributed by atoms with E-state index in [1.807, 2.05) is 0 Å². The van der Waals surface area contributed by atoms with Gasteiger partial charge in [-0.15, -0.1) is 0 Å². The van der Waals surface area contributed by atoms with Crippen LogP contribution in [-0.4, -0.2) is 0 Å². The van der Waals surface area contributed by atoms with E-state index in [9.17, 15) is 0 Å². The van der Waals surface area contributed by atoms with Crippen molar-refractivity contribution in [1.29, 1.82) is 0 Å². The van der Waals surface area contributed by atoms with Crippen LogP contribution in [0.25, 0.3) is 33.4 Å². The van der Waals surface area contributed by atoms with E-state index in [2.05, 4.69) is 172 Å². The number of benzene rings is 6. The van der Waals surface area contributed by atoms with Gasteiger partial charge in [-0.1, -0.05) is 131 Å². The molecule has 6 aliphatic carbocycles. The minimum absolute atomic E-state index is 0.101. The molecule has 12 rings (SSSR count). The van der Waals surface area contributed by atoms with Crippen molar-refractivity contribution in [3.05, 3.63) is 162 Å². The highest BCUT2D eigenvalue weighted by Gasteiger charge is 2.75. The average Bonchev–Trinajstić information content (AvgIpc) is 3.59. The molecule has 0 N–H and O–H groups in total. The van der Waals surface area contributed by atoms with Crippen LogP contribution in [0.3, 0.4) is 0 Å². The molecule has 0 aliphatic heterocycles. The van der Waals surface area contributed by atoms with Crippen LogP contribution >= 0.6 is 0 Å². The van der Waals surface area contributed by atoms with Crippen LogP contribution in [0, 0.1) is 29.1 Å². The van der Waals surface area contributed by atoms with Crippen molar-refractivity contribution in [1.82, 2.24) is 0 Å². The largest absolute Gasteiger partial charge is 0.310 e. The number of rotatable bonds is 5. The molecule has 0 amide bonds. The first-order valence-corrected chi connectivity index (χ1v) is 21.6. The first kappa shape index (κ1) is 33.3. The van der Waals surface area contributed by atoms with E-state index in [1.165, 1.54) is 107 Å². The van der Waals surface area contributed by atoms with Crippen molar-refractivity contribution in [3.63, 3.8) is 0 Å². The first-order chi connectivity index (χ1) is 27.2. The van der Waals surface area contributed by atoms with E-state index >= 15 is 0 Å². The molecular weight excluding hydrogens is 675 g/mol. The normalized spacial score (nSPS) is 29.0. The lowest BCUT2D eigenvalue weighted by Gasteiger charge is -2.68. The van der Waals surface area contributed by atoms with Gasteiger partial charge in [-0.25, -0.2) is 0 Å². The molecule has 4 saturated carbocycles. The lowest BCUT2D eigenvalue weighted by atomic mass is 9.35. The zero-order valence-electron chi connectivity index (χ0n) is 33.5. The van der Waals surface area contributed by atoms with Crippen molar-refractivity contribution in [3.8, 4) is 33.4 Å². The van der Waals surface area contributed by atoms with Gasteiger partial charge in [0.15, 0.2) is 0 Å². The Morgan fingerprint density at radius 3 is 1.88 bits per heavy atom. The van der Waals surface area contributed by atoms with Gasteiger partial charge in [-0.2, -0.15) is 0 Å². The second-order valence-electron chi connectivity index (χ2n) is 20.2. The van der Waals surface area contributed by atoms with Gasteiger partial charge < -0.3 is 4.90 Å². The molecule has 0 aromatic heterocycles. The number of hydrogen-bond donors (Lipinski definition) is 0. The van der Waals surface area contributed by atoms with Crippen LogP contribution in [0.1, 0.15) is 94.9 Å². The van der Waals surface area contributed by atoms with Crippen LogP contribution < -0.4 is 4.90 Å². The molecular formula is C55H53N. The maximum absolute atomic E-state index is 2.67. The van der Waals surface area contributed by atoms with Crippen molar-refractivity contribution in [2.45, 2.75) is 88.9 Å². The minimum atomic E-state index is 0.101. The van der Waals surface area contributed by atoms with Crippen molar-refractivity contribution in [2.75, 3.05) is 4.90 Å². The van der Waals surface area contributed by atoms with Gasteiger partial charge >= 0.3 is 0 Å². The number of nitrogens with zero attached hydrogens (tertiary/aromatic N) is 1. The van der Waals surface area contributed by atoms with Crippen LogP contribution in [0.15, 0.2) is 140 Å². The van der Waals surface area contributed by atoms with Crippen LogP contribution in [-0.2, 0) is 16.2 Å². The number of hydrogen-bond acceptors (Lipinski definition) is 1. The third-order valence-corrected chi connectivity index (χ3v) is 16.5. The fourth-order valence-electron chi connectivity index (χ4n) is 14.1.